The van der Waals surface area contributed by atoms with Crippen molar-refractivity contribution in [3.63, 3.8) is 0 Å². The van der Waals surface area contributed by atoms with E-state index in [9.17, 15) is 8.42 Å². The van der Waals surface area contributed by atoms with E-state index < -0.39 is 10.2 Å². The van der Waals surface area contributed by atoms with E-state index in [4.69, 9.17) is 5.73 Å². The molecule has 1 aliphatic carbocycles. The van der Waals surface area contributed by atoms with Crippen molar-refractivity contribution in [3.05, 3.63) is 0 Å². The molecule has 106 valence electrons. The first-order chi connectivity index (χ1) is 8.53. The van der Waals surface area contributed by atoms with E-state index in [1.807, 2.05) is 0 Å². The van der Waals surface area contributed by atoms with E-state index in [0.29, 0.717) is 19.6 Å². The van der Waals surface area contributed by atoms with E-state index in [1.54, 1.807) is 4.31 Å². The molecule has 0 aromatic rings. The van der Waals surface area contributed by atoms with Crippen molar-refractivity contribution in [1.29, 1.82) is 0 Å². The molecule has 1 heterocycles. The molecule has 2 rings (SSSR count). The molecule has 1 aliphatic heterocycles. The van der Waals surface area contributed by atoms with Crippen LogP contribution < -0.4 is 10.5 Å². The van der Waals surface area contributed by atoms with Crippen LogP contribution in [0.5, 0.6) is 0 Å². The molecule has 0 aromatic heterocycles. The highest BCUT2D eigenvalue weighted by molar-refractivity contribution is 7.87. The SMILES string of the molecule is CCC1(CNS(=O)(=O)N2CCCCC2CN)CC1. The maximum absolute atomic E-state index is 12.3. The third-order valence-electron chi connectivity index (χ3n) is 4.49. The van der Waals surface area contributed by atoms with Gasteiger partial charge < -0.3 is 5.73 Å². The lowest BCUT2D eigenvalue weighted by Gasteiger charge is -2.34. The Hall–Kier alpha value is -0.170. The van der Waals surface area contributed by atoms with Gasteiger partial charge in [0.15, 0.2) is 0 Å². The molecule has 2 fully saturated rings. The highest BCUT2D eigenvalue weighted by Gasteiger charge is 2.42. The van der Waals surface area contributed by atoms with E-state index in [-0.39, 0.29) is 11.5 Å². The second-order valence-electron chi connectivity index (χ2n) is 5.68. The van der Waals surface area contributed by atoms with Gasteiger partial charge in [0, 0.05) is 25.7 Å². The summed E-state index contributed by atoms with van der Waals surface area (Å²) in [4.78, 5) is 0. The lowest BCUT2D eigenvalue weighted by Crippen LogP contribution is -2.52. The molecule has 6 heteroatoms. The topological polar surface area (TPSA) is 75.4 Å². The third-order valence-corrected chi connectivity index (χ3v) is 6.10. The summed E-state index contributed by atoms with van der Waals surface area (Å²) in [5, 5.41) is 0. The van der Waals surface area contributed by atoms with Crippen LogP contribution in [0, 0.1) is 5.41 Å². The summed E-state index contributed by atoms with van der Waals surface area (Å²) in [6, 6.07) is -0.0203. The summed E-state index contributed by atoms with van der Waals surface area (Å²) in [6.45, 7) is 3.74. The van der Waals surface area contributed by atoms with Crippen molar-refractivity contribution >= 4 is 10.2 Å². The number of hydrogen-bond donors (Lipinski definition) is 2. The summed E-state index contributed by atoms with van der Waals surface area (Å²) in [6.07, 6.45) is 6.24. The van der Waals surface area contributed by atoms with E-state index in [1.165, 1.54) is 0 Å². The summed E-state index contributed by atoms with van der Waals surface area (Å²) in [5.74, 6) is 0. The monoisotopic (exact) mass is 275 g/mol. The lowest BCUT2D eigenvalue weighted by molar-refractivity contribution is 0.253. The standard InChI is InChI=1S/C12H25N3O2S/c1-2-12(6-7-12)10-14-18(16,17)15-8-4-3-5-11(15)9-13/h11,14H,2-10,13H2,1H3. The molecule has 1 atom stereocenters. The van der Waals surface area contributed by atoms with Crippen LogP contribution in [0.25, 0.3) is 0 Å². The largest absolute Gasteiger partial charge is 0.329 e. The smallest absolute Gasteiger partial charge is 0.279 e. The molecule has 0 amide bonds. The zero-order valence-corrected chi connectivity index (χ0v) is 12.0. The first-order valence-electron chi connectivity index (χ1n) is 6.99. The van der Waals surface area contributed by atoms with Gasteiger partial charge in [-0.3, -0.25) is 0 Å². The van der Waals surface area contributed by atoms with Crippen molar-refractivity contribution in [2.24, 2.45) is 11.1 Å². The Bertz CT molecular complexity index is 379. The Morgan fingerprint density at radius 3 is 2.67 bits per heavy atom. The van der Waals surface area contributed by atoms with Crippen LogP contribution in [-0.2, 0) is 10.2 Å². The van der Waals surface area contributed by atoms with Crippen LogP contribution in [0.2, 0.25) is 0 Å². The molecule has 1 saturated heterocycles. The Labute approximate surface area is 110 Å². The van der Waals surface area contributed by atoms with Crippen LogP contribution in [0.15, 0.2) is 0 Å². The van der Waals surface area contributed by atoms with E-state index >= 15 is 0 Å². The minimum absolute atomic E-state index is 0.0203. The number of nitrogens with one attached hydrogen (secondary N) is 1. The summed E-state index contributed by atoms with van der Waals surface area (Å²) in [5.41, 5.74) is 5.91. The normalized spacial score (nSPS) is 28.2. The highest BCUT2D eigenvalue weighted by atomic mass is 32.2. The van der Waals surface area contributed by atoms with Crippen molar-refractivity contribution in [2.75, 3.05) is 19.6 Å². The number of hydrogen-bond acceptors (Lipinski definition) is 3. The van der Waals surface area contributed by atoms with E-state index in [0.717, 1.165) is 38.5 Å². The molecule has 2 aliphatic rings. The highest BCUT2D eigenvalue weighted by Crippen LogP contribution is 2.48. The zero-order valence-electron chi connectivity index (χ0n) is 11.2. The Kier molecular flexibility index (Phi) is 4.31. The zero-order chi connectivity index (χ0) is 13.2. The van der Waals surface area contributed by atoms with Crippen LogP contribution in [0.1, 0.15) is 45.4 Å². The average Bonchev–Trinajstić information content (AvgIpc) is 3.17. The van der Waals surface area contributed by atoms with Gasteiger partial charge in [-0.05, 0) is 37.5 Å². The van der Waals surface area contributed by atoms with Crippen LogP contribution >= 0.6 is 0 Å². The Balaban J connectivity index is 1.96. The molecule has 0 radical (unpaired) electrons. The number of nitrogens with zero attached hydrogens (tertiary/aromatic N) is 1. The van der Waals surface area contributed by atoms with Gasteiger partial charge in [0.25, 0.3) is 10.2 Å². The molecule has 1 saturated carbocycles. The minimum atomic E-state index is -3.34. The molecule has 5 nitrogen and oxygen atoms in total. The van der Waals surface area contributed by atoms with Crippen molar-refractivity contribution in [1.82, 2.24) is 9.03 Å². The molecule has 1 unspecified atom stereocenters. The predicted molar refractivity (Wildman–Crippen MR) is 72.3 cm³/mol. The first kappa shape index (κ1) is 14.2. The fraction of sp³-hybridized carbons (Fsp3) is 1.00. The van der Waals surface area contributed by atoms with Gasteiger partial charge in [0.2, 0.25) is 0 Å². The van der Waals surface area contributed by atoms with Crippen molar-refractivity contribution in [3.8, 4) is 0 Å². The molecule has 3 N–H and O–H groups in total. The van der Waals surface area contributed by atoms with Gasteiger partial charge in [-0.25, -0.2) is 4.72 Å². The molecule has 0 bridgehead atoms. The fourth-order valence-electron chi connectivity index (χ4n) is 2.69. The molecule has 0 aromatic carbocycles. The van der Waals surface area contributed by atoms with Crippen molar-refractivity contribution < 1.29 is 8.42 Å². The average molecular weight is 275 g/mol. The second-order valence-corrected chi connectivity index (χ2v) is 7.38. The predicted octanol–water partition coefficient (Wildman–Crippen LogP) is 0.824. The third kappa shape index (κ3) is 3.04. The van der Waals surface area contributed by atoms with E-state index in [2.05, 4.69) is 11.6 Å². The van der Waals surface area contributed by atoms with Gasteiger partial charge in [0.05, 0.1) is 0 Å². The van der Waals surface area contributed by atoms with Gasteiger partial charge in [-0.15, -0.1) is 0 Å². The van der Waals surface area contributed by atoms with Gasteiger partial charge >= 0.3 is 0 Å². The second kappa shape index (κ2) is 5.45. The fourth-order valence-corrected chi connectivity index (χ4v) is 4.29. The summed E-state index contributed by atoms with van der Waals surface area (Å²) in [7, 11) is -3.34. The van der Waals surface area contributed by atoms with Gasteiger partial charge in [-0.1, -0.05) is 13.3 Å². The van der Waals surface area contributed by atoms with Crippen LogP contribution in [0.4, 0.5) is 0 Å². The molecule has 18 heavy (non-hydrogen) atoms. The summed E-state index contributed by atoms with van der Waals surface area (Å²) < 4.78 is 29.0. The number of rotatable bonds is 6. The quantitative estimate of drug-likeness (QED) is 0.753. The first-order valence-corrected chi connectivity index (χ1v) is 8.43. The van der Waals surface area contributed by atoms with Crippen molar-refractivity contribution in [2.45, 2.75) is 51.5 Å². The number of piperidine rings is 1. The van der Waals surface area contributed by atoms with Gasteiger partial charge in [0.1, 0.15) is 0 Å². The Morgan fingerprint density at radius 1 is 1.39 bits per heavy atom. The minimum Gasteiger partial charge on any atom is -0.329 e. The molecule has 0 spiro atoms. The van der Waals surface area contributed by atoms with Gasteiger partial charge in [-0.2, -0.15) is 12.7 Å². The number of nitrogens with two attached hydrogens (primary N) is 1. The lowest BCUT2D eigenvalue weighted by atomic mass is 10.1. The maximum Gasteiger partial charge on any atom is 0.279 e. The molecular weight excluding hydrogens is 250 g/mol. The van der Waals surface area contributed by atoms with Crippen LogP contribution in [0.3, 0.4) is 0 Å². The summed E-state index contributed by atoms with van der Waals surface area (Å²) >= 11 is 0. The Morgan fingerprint density at radius 2 is 2.11 bits per heavy atom. The maximum atomic E-state index is 12.3. The molecular formula is C12H25N3O2S. The van der Waals surface area contributed by atoms with Crippen LogP contribution in [-0.4, -0.2) is 38.4 Å².